The fourth-order valence-corrected chi connectivity index (χ4v) is 5.00. The lowest BCUT2D eigenvalue weighted by atomic mass is 9.80. The molecule has 33 heavy (non-hydrogen) atoms. The number of H-pyrrole nitrogens is 1. The Morgan fingerprint density at radius 1 is 1.06 bits per heavy atom. The summed E-state index contributed by atoms with van der Waals surface area (Å²) < 4.78 is 40.3. The zero-order valence-electron chi connectivity index (χ0n) is 18.7. The van der Waals surface area contributed by atoms with E-state index in [4.69, 9.17) is 10.7 Å². The second kappa shape index (κ2) is 10.7. The number of rotatable bonds is 7. The maximum Gasteiger partial charge on any atom is 0.256 e. The fraction of sp³-hybridized carbons (Fsp3) is 0.583. The predicted molar refractivity (Wildman–Crippen MR) is 122 cm³/mol. The molecule has 1 aliphatic heterocycles. The van der Waals surface area contributed by atoms with Gasteiger partial charge >= 0.3 is 0 Å². The lowest BCUT2D eigenvalue weighted by Crippen LogP contribution is -2.34. The van der Waals surface area contributed by atoms with E-state index in [0.717, 1.165) is 43.8 Å². The van der Waals surface area contributed by atoms with Gasteiger partial charge in [0.25, 0.3) is 5.56 Å². The Bertz CT molecular complexity index is 1000. The Balaban J connectivity index is 1.50. The topological polar surface area (TPSA) is 95.8 Å². The van der Waals surface area contributed by atoms with Gasteiger partial charge in [0.2, 0.25) is 5.95 Å². The first-order valence-electron chi connectivity index (χ1n) is 11.8. The van der Waals surface area contributed by atoms with Gasteiger partial charge in [0, 0.05) is 24.1 Å². The van der Waals surface area contributed by atoms with Crippen molar-refractivity contribution in [1.29, 1.82) is 0 Å². The molecule has 0 amide bonds. The van der Waals surface area contributed by atoms with E-state index in [1.165, 1.54) is 6.07 Å². The molecule has 4 rings (SSSR count). The number of benzene rings is 1. The molecule has 2 aromatic rings. The molecule has 1 saturated heterocycles. The van der Waals surface area contributed by atoms with Crippen molar-refractivity contribution in [3.05, 3.63) is 57.0 Å². The van der Waals surface area contributed by atoms with Crippen LogP contribution in [-0.4, -0.2) is 41.8 Å². The minimum atomic E-state index is -0.900. The van der Waals surface area contributed by atoms with Gasteiger partial charge < -0.3 is 16.4 Å². The first-order chi connectivity index (χ1) is 15.9. The van der Waals surface area contributed by atoms with E-state index in [2.05, 4.69) is 15.6 Å². The highest BCUT2D eigenvalue weighted by molar-refractivity contribution is 5.35. The van der Waals surface area contributed by atoms with E-state index in [0.29, 0.717) is 55.7 Å². The monoisotopic (exact) mass is 463 g/mol. The van der Waals surface area contributed by atoms with Gasteiger partial charge in [-0.1, -0.05) is 6.07 Å². The van der Waals surface area contributed by atoms with Crippen LogP contribution in [0, 0.1) is 11.6 Å². The minimum Gasteiger partial charge on any atom is -0.354 e. The molecule has 2 fully saturated rings. The minimum absolute atomic E-state index is 0.0304. The van der Waals surface area contributed by atoms with Crippen LogP contribution < -0.4 is 21.9 Å². The number of halogens is 3. The van der Waals surface area contributed by atoms with E-state index >= 15 is 0 Å². The maximum absolute atomic E-state index is 13.7. The summed E-state index contributed by atoms with van der Waals surface area (Å²) in [5, 5.41) is 6.46. The van der Waals surface area contributed by atoms with E-state index < -0.39 is 17.8 Å². The summed E-state index contributed by atoms with van der Waals surface area (Å²) in [7, 11) is 0. The van der Waals surface area contributed by atoms with Gasteiger partial charge in [0.15, 0.2) is 11.6 Å². The standard InChI is InChI=1S/C24H32F3N5O/c25-17-4-2-15(3-5-17)21-22(16-7-9-29-10-8-16)31-24(32-23(21)33)30-13-18(28)11-14-1-6-19(26)20(27)12-14/h1,6,12,15-18,29H,2-5,7-11,13,28H2,(H2,30,31,32,33). The Hall–Kier alpha value is -2.39. The van der Waals surface area contributed by atoms with Crippen LogP contribution in [0.5, 0.6) is 0 Å². The van der Waals surface area contributed by atoms with Gasteiger partial charge in [-0.25, -0.2) is 18.2 Å². The third-order valence-corrected chi connectivity index (χ3v) is 6.79. The highest BCUT2D eigenvalue weighted by atomic mass is 19.2. The first-order valence-corrected chi connectivity index (χ1v) is 11.8. The second-order valence-corrected chi connectivity index (χ2v) is 9.28. The van der Waals surface area contributed by atoms with Crippen molar-refractivity contribution < 1.29 is 13.2 Å². The average molecular weight is 464 g/mol. The quantitative estimate of drug-likeness (QED) is 0.504. The number of hydrogen-bond donors (Lipinski definition) is 4. The Kier molecular flexibility index (Phi) is 7.70. The van der Waals surface area contributed by atoms with Crippen molar-refractivity contribution in [2.75, 3.05) is 25.0 Å². The van der Waals surface area contributed by atoms with Crippen molar-refractivity contribution in [1.82, 2.24) is 15.3 Å². The Labute approximate surface area is 191 Å². The van der Waals surface area contributed by atoms with Gasteiger partial charge in [0.05, 0.1) is 5.69 Å². The lowest BCUT2D eigenvalue weighted by molar-refractivity contribution is 0.234. The molecule has 1 aliphatic carbocycles. The summed E-state index contributed by atoms with van der Waals surface area (Å²) in [5.74, 6) is -1.22. The van der Waals surface area contributed by atoms with Gasteiger partial charge in [-0.2, -0.15) is 0 Å². The van der Waals surface area contributed by atoms with Crippen molar-refractivity contribution in [3.8, 4) is 0 Å². The molecule has 1 aromatic heterocycles. The molecule has 2 aliphatic rings. The van der Waals surface area contributed by atoms with Crippen LogP contribution in [0.1, 0.15) is 67.2 Å². The van der Waals surface area contributed by atoms with E-state index in [1.807, 2.05) is 0 Å². The van der Waals surface area contributed by atoms with Crippen LogP contribution in [-0.2, 0) is 6.42 Å². The van der Waals surface area contributed by atoms with E-state index in [1.54, 1.807) is 0 Å². The molecule has 0 radical (unpaired) electrons. The molecule has 1 aromatic carbocycles. The third-order valence-electron chi connectivity index (χ3n) is 6.79. The summed E-state index contributed by atoms with van der Waals surface area (Å²) >= 11 is 0. The average Bonchev–Trinajstić information content (AvgIpc) is 2.81. The van der Waals surface area contributed by atoms with Gasteiger partial charge in [-0.3, -0.25) is 9.78 Å². The van der Waals surface area contributed by atoms with Gasteiger partial charge in [0.1, 0.15) is 6.17 Å². The summed E-state index contributed by atoms with van der Waals surface area (Å²) in [5.41, 5.74) is 8.14. The molecule has 1 saturated carbocycles. The van der Waals surface area contributed by atoms with E-state index in [9.17, 15) is 18.0 Å². The van der Waals surface area contributed by atoms with Crippen molar-refractivity contribution in [2.24, 2.45) is 5.73 Å². The SMILES string of the molecule is NC(CNc1nc(C2CCNCC2)c(C2CCC(F)CC2)c(=O)[nH]1)Cc1ccc(F)c(F)c1. The normalized spacial score (nSPS) is 22.8. The zero-order chi connectivity index (χ0) is 23.4. The number of nitrogens with zero attached hydrogens (tertiary/aromatic N) is 1. The number of hydrogen-bond acceptors (Lipinski definition) is 5. The molecule has 6 nitrogen and oxygen atoms in total. The van der Waals surface area contributed by atoms with Crippen molar-refractivity contribution >= 4 is 5.95 Å². The fourth-order valence-electron chi connectivity index (χ4n) is 5.00. The van der Waals surface area contributed by atoms with Gasteiger partial charge in [-0.15, -0.1) is 0 Å². The third kappa shape index (κ3) is 5.95. The van der Waals surface area contributed by atoms with Crippen LogP contribution in [0.4, 0.5) is 19.1 Å². The van der Waals surface area contributed by atoms with Crippen LogP contribution in [0.15, 0.2) is 23.0 Å². The van der Waals surface area contributed by atoms with Crippen LogP contribution in [0.3, 0.4) is 0 Å². The molecule has 1 atom stereocenters. The van der Waals surface area contributed by atoms with Gasteiger partial charge in [-0.05, 0) is 81.6 Å². The number of nitrogens with two attached hydrogens (primary N) is 1. The number of aromatic amines is 1. The van der Waals surface area contributed by atoms with Crippen LogP contribution in [0.25, 0.3) is 0 Å². The lowest BCUT2D eigenvalue weighted by Gasteiger charge is -2.29. The molecule has 5 N–H and O–H groups in total. The first kappa shape index (κ1) is 23.8. The molecule has 0 spiro atoms. The number of anilines is 1. The van der Waals surface area contributed by atoms with Crippen molar-refractivity contribution in [2.45, 2.75) is 69.0 Å². The molecule has 180 valence electrons. The Morgan fingerprint density at radius 2 is 1.79 bits per heavy atom. The number of nitrogens with one attached hydrogen (secondary N) is 3. The highest BCUT2D eigenvalue weighted by Gasteiger charge is 2.30. The zero-order valence-corrected chi connectivity index (χ0v) is 18.7. The summed E-state index contributed by atoms with van der Waals surface area (Å²) in [6.07, 6.45) is 3.65. The molecule has 2 heterocycles. The summed E-state index contributed by atoms with van der Waals surface area (Å²) in [6, 6.07) is 3.35. The largest absolute Gasteiger partial charge is 0.354 e. The summed E-state index contributed by atoms with van der Waals surface area (Å²) in [4.78, 5) is 20.8. The van der Waals surface area contributed by atoms with Crippen LogP contribution >= 0.6 is 0 Å². The molecule has 1 unspecified atom stereocenters. The molecular weight excluding hydrogens is 431 g/mol. The molecule has 0 bridgehead atoms. The molecule has 9 heteroatoms. The number of piperidine rings is 1. The smallest absolute Gasteiger partial charge is 0.256 e. The predicted octanol–water partition coefficient (Wildman–Crippen LogP) is 3.49. The second-order valence-electron chi connectivity index (χ2n) is 9.28. The highest BCUT2D eigenvalue weighted by Crippen LogP contribution is 2.37. The number of alkyl halides is 1. The Morgan fingerprint density at radius 3 is 2.48 bits per heavy atom. The van der Waals surface area contributed by atoms with E-state index in [-0.39, 0.29) is 23.4 Å². The van der Waals surface area contributed by atoms with Crippen molar-refractivity contribution in [3.63, 3.8) is 0 Å². The molecular formula is C24H32F3N5O. The number of aromatic nitrogens is 2. The van der Waals surface area contributed by atoms with Crippen LogP contribution in [0.2, 0.25) is 0 Å². The maximum atomic E-state index is 13.7. The summed E-state index contributed by atoms with van der Waals surface area (Å²) in [6.45, 7) is 2.05.